The van der Waals surface area contributed by atoms with Crippen LogP contribution in [0, 0.1) is 0 Å². The van der Waals surface area contributed by atoms with Gasteiger partial charge in [0.2, 0.25) is 0 Å². The lowest BCUT2D eigenvalue weighted by Crippen LogP contribution is -2.16. The maximum absolute atomic E-state index is 11.8. The lowest BCUT2D eigenvalue weighted by atomic mass is 10.6. The van der Waals surface area contributed by atoms with Crippen LogP contribution in [0.3, 0.4) is 0 Å². The molecule has 16 heavy (non-hydrogen) atoms. The largest absolute Gasteiger partial charge is 0.389 e. The number of rotatable bonds is 7. The summed E-state index contributed by atoms with van der Waals surface area (Å²) < 4.78 is 25.8. The average Bonchev–Trinajstić information content (AvgIpc) is 2.17. The molecule has 7 heteroatoms. The Morgan fingerprint density at radius 3 is 2.12 bits per heavy atom. The molecule has 0 rings (SSSR count). The normalized spacial score (nSPS) is 10.9. The molecule has 0 saturated heterocycles. The summed E-state index contributed by atoms with van der Waals surface area (Å²) in [4.78, 5) is 21.8. The van der Waals surface area contributed by atoms with Crippen LogP contribution in [0.25, 0.3) is 0 Å². The summed E-state index contributed by atoms with van der Waals surface area (Å²) in [5.41, 5.74) is 0. The Morgan fingerprint density at radius 2 is 1.75 bits per heavy atom. The van der Waals surface area contributed by atoms with E-state index >= 15 is 0 Å². The summed E-state index contributed by atoms with van der Waals surface area (Å²) in [6.07, 6.45) is 0.248. The summed E-state index contributed by atoms with van der Waals surface area (Å²) >= 11 is 0. The predicted octanol–water partition coefficient (Wildman–Crippen LogP) is 1.51. The van der Waals surface area contributed by atoms with E-state index in [1.807, 2.05) is 0 Å². The molecule has 0 heterocycles. The smallest absolute Gasteiger partial charge is 0.341 e. The van der Waals surface area contributed by atoms with Crippen LogP contribution in [0.4, 0.5) is 0 Å². The number of esters is 2. The van der Waals surface area contributed by atoms with Gasteiger partial charge >= 0.3 is 19.5 Å². The van der Waals surface area contributed by atoms with Gasteiger partial charge in [-0.3, -0.25) is 9.36 Å². The van der Waals surface area contributed by atoms with E-state index in [-0.39, 0.29) is 13.2 Å². The van der Waals surface area contributed by atoms with E-state index < -0.39 is 25.7 Å². The SMILES string of the molecule is C=CC(=O)OC(=O)CP(=O)(OCC)OCC. The lowest BCUT2D eigenvalue weighted by molar-refractivity contribution is -0.154. The minimum atomic E-state index is -3.50. The molecule has 0 aliphatic heterocycles. The Bertz CT molecular complexity index is 301. The van der Waals surface area contributed by atoms with Gasteiger partial charge in [-0.15, -0.1) is 0 Å². The molecule has 0 aliphatic carbocycles. The van der Waals surface area contributed by atoms with Gasteiger partial charge in [0.15, 0.2) is 0 Å². The highest BCUT2D eigenvalue weighted by Crippen LogP contribution is 2.47. The van der Waals surface area contributed by atoms with Crippen LogP contribution in [0.5, 0.6) is 0 Å². The zero-order valence-corrected chi connectivity index (χ0v) is 10.2. The molecule has 0 N–H and O–H groups in total. The molecule has 0 aromatic heterocycles. The topological polar surface area (TPSA) is 78.9 Å². The molecule has 0 bridgehead atoms. The Balaban J connectivity index is 4.39. The van der Waals surface area contributed by atoms with Gasteiger partial charge in [0, 0.05) is 6.08 Å². The number of carbonyl (C=O) groups excluding carboxylic acids is 2. The van der Waals surface area contributed by atoms with Crippen molar-refractivity contribution in [2.75, 3.05) is 19.4 Å². The standard InChI is InChI=1S/C9H15O6P/c1-4-8(10)15-9(11)7-16(12,13-5-2)14-6-3/h4H,1,5-7H2,2-3H3. The second kappa shape index (κ2) is 7.33. The van der Waals surface area contributed by atoms with Gasteiger partial charge in [0.05, 0.1) is 13.2 Å². The average molecular weight is 250 g/mol. The number of hydrogen-bond acceptors (Lipinski definition) is 6. The Morgan fingerprint density at radius 1 is 1.25 bits per heavy atom. The van der Waals surface area contributed by atoms with E-state index in [9.17, 15) is 14.2 Å². The van der Waals surface area contributed by atoms with Gasteiger partial charge in [-0.1, -0.05) is 6.58 Å². The van der Waals surface area contributed by atoms with Crippen LogP contribution >= 0.6 is 7.60 Å². The first-order valence-corrected chi connectivity index (χ1v) is 6.45. The molecule has 0 fully saturated rings. The highest BCUT2D eigenvalue weighted by Gasteiger charge is 2.29. The van der Waals surface area contributed by atoms with Gasteiger partial charge in [-0.2, -0.15) is 0 Å². The third-order valence-corrected chi connectivity index (χ3v) is 3.30. The zero-order valence-electron chi connectivity index (χ0n) is 9.30. The van der Waals surface area contributed by atoms with Gasteiger partial charge in [0.25, 0.3) is 0 Å². The summed E-state index contributed by atoms with van der Waals surface area (Å²) in [6, 6.07) is 0. The molecule has 0 saturated carbocycles. The van der Waals surface area contributed by atoms with E-state index in [0.29, 0.717) is 0 Å². The van der Waals surface area contributed by atoms with Gasteiger partial charge in [-0.25, -0.2) is 4.79 Å². The fourth-order valence-electron chi connectivity index (χ4n) is 0.866. The highest BCUT2D eigenvalue weighted by atomic mass is 31.2. The molecule has 6 nitrogen and oxygen atoms in total. The van der Waals surface area contributed by atoms with E-state index in [2.05, 4.69) is 11.3 Å². The van der Waals surface area contributed by atoms with Gasteiger partial charge in [0.1, 0.15) is 6.16 Å². The minimum absolute atomic E-state index is 0.139. The molecule has 0 aromatic rings. The van der Waals surface area contributed by atoms with Crippen LogP contribution in [0.2, 0.25) is 0 Å². The van der Waals surface area contributed by atoms with Crippen molar-refractivity contribution < 1.29 is 27.9 Å². The molecule has 0 atom stereocenters. The van der Waals surface area contributed by atoms with Crippen LogP contribution in [0.15, 0.2) is 12.7 Å². The lowest BCUT2D eigenvalue weighted by Gasteiger charge is -2.15. The first kappa shape index (κ1) is 15.0. The van der Waals surface area contributed by atoms with E-state index in [1.54, 1.807) is 13.8 Å². The fraction of sp³-hybridized carbons (Fsp3) is 0.556. The van der Waals surface area contributed by atoms with Crippen molar-refractivity contribution in [3.8, 4) is 0 Å². The number of ether oxygens (including phenoxy) is 1. The fourth-order valence-corrected chi connectivity index (χ4v) is 2.29. The second-order valence-corrected chi connectivity index (χ2v) is 4.66. The predicted molar refractivity (Wildman–Crippen MR) is 57.0 cm³/mol. The third kappa shape index (κ3) is 5.80. The maximum atomic E-state index is 11.8. The second-order valence-electron chi connectivity index (χ2n) is 2.60. The molecule has 0 radical (unpaired) electrons. The zero-order chi connectivity index (χ0) is 12.6. The van der Waals surface area contributed by atoms with E-state index in [0.717, 1.165) is 6.08 Å². The van der Waals surface area contributed by atoms with Crippen molar-refractivity contribution in [2.45, 2.75) is 13.8 Å². The third-order valence-electron chi connectivity index (χ3n) is 1.36. The molecule has 92 valence electrons. The van der Waals surface area contributed by atoms with Gasteiger partial charge < -0.3 is 13.8 Å². The summed E-state index contributed by atoms with van der Waals surface area (Å²) in [5.74, 6) is -1.86. The van der Waals surface area contributed by atoms with Gasteiger partial charge in [-0.05, 0) is 13.8 Å². The molecule has 0 aromatic carbocycles. The number of carbonyl (C=O) groups is 2. The maximum Gasteiger partial charge on any atom is 0.341 e. The van der Waals surface area contributed by atoms with Crippen molar-refractivity contribution in [1.29, 1.82) is 0 Å². The highest BCUT2D eigenvalue weighted by molar-refractivity contribution is 7.54. The minimum Gasteiger partial charge on any atom is -0.389 e. The van der Waals surface area contributed by atoms with E-state index in [1.165, 1.54) is 0 Å². The summed E-state index contributed by atoms with van der Waals surface area (Å²) in [5, 5.41) is 0. The van der Waals surface area contributed by atoms with Crippen molar-refractivity contribution in [3.05, 3.63) is 12.7 Å². The van der Waals surface area contributed by atoms with Crippen LogP contribution in [-0.4, -0.2) is 31.3 Å². The first-order valence-electron chi connectivity index (χ1n) is 4.72. The molecule has 0 spiro atoms. The Labute approximate surface area is 94.1 Å². The molecule has 0 aliphatic rings. The molecule has 0 amide bonds. The quantitative estimate of drug-likeness (QED) is 0.295. The summed E-state index contributed by atoms with van der Waals surface area (Å²) in [6.45, 7) is 6.64. The Kier molecular flexibility index (Phi) is 6.88. The molecular weight excluding hydrogens is 235 g/mol. The molecular formula is C9H15O6P. The molecule has 0 unspecified atom stereocenters. The van der Waals surface area contributed by atoms with Crippen molar-refractivity contribution in [1.82, 2.24) is 0 Å². The summed E-state index contributed by atoms with van der Waals surface area (Å²) in [7, 11) is -3.50. The van der Waals surface area contributed by atoms with Crippen LogP contribution < -0.4 is 0 Å². The monoisotopic (exact) mass is 250 g/mol. The van der Waals surface area contributed by atoms with Crippen molar-refractivity contribution >= 4 is 19.5 Å². The van der Waals surface area contributed by atoms with Crippen molar-refractivity contribution in [2.24, 2.45) is 0 Å². The van der Waals surface area contributed by atoms with Crippen LogP contribution in [0.1, 0.15) is 13.8 Å². The van der Waals surface area contributed by atoms with Crippen LogP contribution in [-0.2, 0) is 27.9 Å². The number of hydrogen-bond donors (Lipinski definition) is 0. The van der Waals surface area contributed by atoms with E-state index in [4.69, 9.17) is 9.05 Å². The Hall–Kier alpha value is -0.970. The van der Waals surface area contributed by atoms with Crippen molar-refractivity contribution in [3.63, 3.8) is 0 Å². The first-order chi connectivity index (χ1) is 7.47.